The highest BCUT2D eigenvalue weighted by atomic mass is 16.6. The lowest BCUT2D eigenvalue weighted by molar-refractivity contribution is 0.0826. The summed E-state index contributed by atoms with van der Waals surface area (Å²) in [5.41, 5.74) is 0. The summed E-state index contributed by atoms with van der Waals surface area (Å²) in [6.07, 6.45) is 6.01. The Bertz CT molecular complexity index is 173. The minimum atomic E-state index is 0.553. The molecule has 0 saturated carbocycles. The maximum absolute atomic E-state index is 4.70. The van der Waals surface area contributed by atoms with Crippen molar-refractivity contribution in [1.82, 2.24) is 4.90 Å². The van der Waals surface area contributed by atoms with Gasteiger partial charge >= 0.3 is 0 Å². The summed E-state index contributed by atoms with van der Waals surface area (Å²) in [7, 11) is 1.60. The van der Waals surface area contributed by atoms with Gasteiger partial charge in [-0.1, -0.05) is 5.16 Å². The normalized spacial score (nSPS) is 40.6. The Kier molecular flexibility index (Phi) is 2.30. The van der Waals surface area contributed by atoms with Gasteiger partial charge in [0, 0.05) is 6.04 Å². The third kappa shape index (κ3) is 1.46. The summed E-state index contributed by atoms with van der Waals surface area (Å²) in [6, 6.07) is 0.553. The zero-order chi connectivity index (χ0) is 8.39. The fraction of sp³-hybridized carbons (Fsp3) is 0.889. The second kappa shape index (κ2) is 3.44. The van der Waals surface area contributed by atoms with Gasteiger partial charge in [-0.25, -0.2) is 0 Å². The molecule has 3 aliphatic heterocycles. The molecule has 0 spiro atoms. The van der Waals surface area contributed by atoms with E-state index in [0.717, 1.165) is 5.92 Å². The Labute approximate surface area is 73.4 Å². The molecule has 0 amide bonds. The number of piperidine rings is 3. The standard InChI is InChI=1S/C9H16N2O/c1-12-10-7-9-6-8-2-4-11(9)5-3-8/h7-9H,2-6H2,1H3. The first-order valence-corrected chi connectivity index (χ1v) is 4.71. The topological polar surface area (TPSA) is 24.8 Å². The summed E-state index contributed by atoms with van der Waals surface area (Å²) in [5.74, 6) is 0.948. The molecule has 3 heterocycles. The van der Waals surface area contributed by atoms with Gasteiger partial charge in [0.15, 0.2) is 0 Å². The molecule has 3 heteroatoms. The van der Waals surface area contributed by atoms with E-state index < -0.39 is 0 Å². The van der Waals surface area contributed by atoms with Gasteiger partial charge in [-0.15, -0.1) is 0 Å². The Morgan fingerprint density at radius 3 is 2.67 bits per heavy atom. The third-order valence-corrected chi connectivity index (χ3v) is 3.03. The second-order valence-electron chi connectivity index (χ2n) is 3.72. The smallest absolute Gasteiger partial charge is 0.106 e. The Morgan fingerprint density at radius 1 is 1.42 bits per heavy atom. The van der Waals surface area contributed by atoms with Crippen molar-refractivity contribution in [2.24, 2.45) is 11.1 Å². The van der Waals surface area contributed by atoms with Crippen molar-refractivity contribution < 1.29 is 4.84 Å². The largest absolute Gasteiger partial charge is 0.399 e. The molecular formula is C9H16N2O. The van der Waals surface area contributed by atoms with Crippen molar-refractivity contribution in [3.8, 4) is 0 Å². The summed E-state index contributed by atoms with van der Waals surface area (Å²) >= 11 is 0. The van der Waals surface area contributed by atoms with Gasteiger partial charge < -0.3 is 4.84 Å². The molecule has 0 aromatic carbocycles. The van der Waals surface area contributed by atoms with Gasteiger partial charge in [0.05, 0.1) is 6.21 Å². The lowest BCUT2D eigenvalue weighted by Crippen LogP contribution is -2.49. The molecule has 1 unspecified atom stereocenters. The highest BCUT2D eigenvalue weighted by Gasteiger charge is 2.32. The van der Waals surface area contributed by atoms with E-state index in [-0.39, 0.29) is 0 Å². The summed E-state index contributed by atoms with van der Waals surface area (Å²) in [4.78, 5) is 7.20. The molecule has 3 nitrogen and oxygen atoms in total. The molecule has 0 N–H and O–H groups in total. The third-order valence-electron chi connectivity index (χ3n) is 3.03. The van der Waals surface area contributed by atoms with Crippen molar-refractivity contribution in [1.29, 1.82) is 0 Å². The summed E-state index contributed by atoms with van der Waals surface area (Å²) in [6.45, 7) is 2.51. The quantitative estimate of drug-likeness (QED) is 0.455. The second-order valence-corrected chi connectivity index (χ2v) is 3.72. The van der Waals surface area contributed by atoms with Gasteiger partial charge in [0.1, 0.15) is 7.11 Å². The average Bonchev–Trinajstić information content (AvgIpc) is 2.17. The molecule has 2 bridgehead atoms. The average molecular weight is 168 g/mol. The molecule has 3 saturated heterocycles. The van der Waals surface area contributed by atoms with Crippen LogP contribution in [0.4, 0.5) is 0 Å². The first-order chi connectivity index (χ1) is 5.90. The fourth-order valence-corrected chi connectivity index (χ4v) is 2.30. The van der Waals surface area contributed by atoms with Crippen LogP contribution in [-0.4, -0.2) is 37.4 Å². The van der Waals surface area contributed by atoms with Crippen LogP contribution in [0.25, 0.3) is 0 Å². The maximum atomic E-state index is 4.70. The van der Waals surface area contributed by atoms with E-state index in [1.54, 1.807) is 7.11 Å². The van der Waals surface area contributed by atoms with Crippen LogP contribution in [0.3, 0.4) is 0 Å². The first kappa shape index (κ1) is 8.05. The van der Waals surface area contributed by atoms with Gasteiger partial charge in [-0.3, -0.25) is 4.90 Å². The highest BCUT2D eigenvalue weighted by molar-refractivity contribution is 5.64. The van der Waals surface area contributed by atoms with E-state index in [1.807, 2.05) is 6.21 Å². The van der Waals surface area contributed by atoms with Crippen LogP contribution >= 0.6 is 0 Å². The fourth-order valence-electron chi connectivity index (χ4n) is 2.30. The van der Waals surface area contributed by atoms with E-state index >= 15 is 0 Å². The first-order valence-electron chi connectivity index (χ1n) is 4.71. The minimum Gasteiger partial charge on any atom is -0.399 e. The van der Waals surface area contributed by atoms with Crippen molar-refractivity contribution in [3.05, 3.63) is 0 Å². The predicted octanol–water partition coefficient (Wildman–Crippen LogP) is 1.10. The number of nitrogens with zero attached hydrogens (tertiary/aromatic N) is 2. The molecule has 0 aliphatic carbocycles. The van der Waals surface area contributed by atoms with Gasteiger partial charge in [-0.2, -0.15) is 0 Å². The summed E-state index contributed by atoms with van der Waals surface area (Å²) in [5, 5.41) is 3.85. The molecule has 3 rings (SSSR count). The monoisotopic (exact) mass is 168 g/mol. The van der Waals surface area contributed by atoms with Crippen molar-refractivity contribution in [3.63, 3.8) is 0 Å². The molecular weight excluding hydrogens is 152 g/mol. The van der Waals surface area contributed by atoms with E-state index in [2.05, 4.69) is 10.1 Å². The van der Waals surface area contributed by atoms with Gasteiger partial charge in [-0.05, 0) is 38.3 Å². The number of rotatable bonds is 2. The zero-order valence-electron chi connectivity index (χ0n) is 7.57. The maximum Gasteiger partial charge on any atom is 0.106 e. The highest BCUT2D eigenvalue weighted by Crippen LogP contribution is 2.30. The van der Waals surface area contributed by atoms with Crippen molar-refractivity contribution in [2.45, 2.75) is 25.3 Å². The van der Waals surface area contributed by atoms with E-state index in [9.17, 15) is 0 Å². The van der Waals surface area contributed by atoms with Crippen LogP contribution in [0.2, 0.25) is 0 Å². The molecule has 1 atom stereocenters. The minimum absolute atomic E-state index is 0.553. The molecule has 0 aromatic rings. The SMILES string of the molecule is CON=CC1CC2CCN1CC2. The van der Waals surface area contributed by atoms with Crippen LogP contribution < -0.4 is 0 Å². The van der Waals surface area contributed by atoms with Gasteiger partial charge in [0.2, 0.25) is 0 Å². The molecule has 3 fully saturated rings. The molecule has 0 radical (unpaired) electrons. The lowest BCUT2D eigenvalue weighted by Gasteiger charge is -2.43. The number of fused-ring (bicyclic) bond motifs is 3. The van der Waals surface area contributed by atoms with Crippen molar-refractivity contribution in [2.75, 3.05) is 20.2 Å². The van der Waals surface area contributed by atoms with E-state index in [0.29, 0.717) is 6.04 Å². The Balaban J connectivity index is 1.95. The predicted molar refractivity (Wildman–Crippen MR) is 48.2 cm³/mol. The molecule has 12 heavy (non-hydrogen) atoms. The van der Waals surface area contributed by atoms with E-state index in [4.69, 9.17) is 4.84 Å². The molecule has 0 aromatic heterocycles. The lowest BCUT2D eigenvalue weighted by atomic mass is 9.84. The number of oxime groups is 1. The Hall–Kier alpha value is -0.570. The zero-order valence-corrected chi connectivity index (χ0v) is 7.57. The van der Waals surface area contributed by atoms with Crippen molar-refractivity contribution >= 4 is 6.21 Å². The van der Waals surface area contributed by atoms with Crippen LogP contribution in [-0.2, 0) is 4.84 Å². The van der Waals surface area contributed by atoms with Gasteiger partial charge in [0.25, 0.3) is 0 Å². The molecule has 3 aliphatic rings. The van der Waals surface area contributed by atoms with Crippen LogP contribution in [0.15, 0.2) is 5.16 Å². The Morgan fingerprint density at radius 2 is 2.17 bits per heavy atom. The van der Waals surface area contributed by atoms with Crippen LogP contribution in [0.5, 0.6) is 0 Å². The van der Waals surface area contributed by atoms with Crippen LogP contribution in [0, 0.1) is 5.92 Å². The van der Waals surface area contributed by atoms with E-state index in [1.165, 1.54) is 32.4 Å². The molecule has 68 valence electrons. The number of hydrogen-bond donors (Lipinski definition) is 0. The number of hydrogen-bond acceptors (Lipinski definition) is 3. The van der Waals surface area contributed by atoms with Crippen LogP contribution in [0.1, 0.15) is 19.3 Å². The summed E-state index contributed by atoms with van der Waals surface area (Å²) < 4.78 is 0.